The number of halogens is 4. The van der Waals surface area contributed by atoms with Gasteiger partial charge in [0.05, 0.1) is 24.6 Å². The maximum atomic E-state index is 13.7. The molecule has 0 saturated carbocycles. The lowest BCUT2D eigenvalue weighted by Gasteiger charge is -2.13. The van der Waals surface area contributed by atoms with E-state index in [9.17, 15) is 18.0 Å². The average Bonchev–Trinajstić information content (AvgIpc) is 3.06. The molecule has 0 aliphatic rings. The van der Waals surface area contributed by atoms with E-state index in [1.807, 2.05) is 0 Å². The third-order valence-corrected chi connectivity index (χ3v) is 4.00. The second-order valence-electron chi connectivity index (χ2n) is 5.74. The minimum Gasteiger partial charge on any atom is -0.497 e. The van der Waals surface area contributed by atoms with Crippen LogP contribution in [0.15, 0.2) is 48.7 Å². The van der Waals surface area contributed by atoms with Gasteiger partial charge >= 0.3 is 6.18 Å². The number of amides is 1. The van der Waals surface area contributed by atoms with Crippen molar-refractivity contribution in [3.05, 3.63) is 64.9 Å². The molecule has 1 amide bonds. The fraction of sp³-hybridized carbons (Fsp3) is 0.111. The molecule has 3 N–H and O–H groups in total. The van der Waals surface area contributed by atoms with Gasteiger partial charge in [-0.25, -0.2) is 4.68 Å². The van der Waals surface area contributed by atoms with Crippen LogP contribution in [0.4, 0.5) is 24.5 Å². The number of hydrogen-bond donors (Lipinski definition) is 2. The number of nitrogens with zero attached hydrogens (tertiary/aromatic N) is 2. The van der Waals surface area contributed by atoms with E-state index in [4.69, 9.17) is 22.1 Å². The van der Waals surface area contributed by atoms with E-state index in [2.05, 4.69) is 10.4 Å². The smallest absolute Gasteiger partial charge is 0.434 e. The fourth-order valence-electron chi connectivity index (χ4n) is 2.59. The predicted octanol–water partition coefficient (Wildman–Crippen LogP) is 4.39. The lowest BCUT2D eigenvalue weighted by atomic mass is 10.2. The standard InChI is InChI=1S/C18H14ClF3N4O2/c1-28-14-4-2-13(3-5-14)26-16(18(20,21)22)15(9-24-26)17(27)25-12-7-10(19)6-11(23)8-12/h2-9H,23H2,1H3,(H,25,27). The van der Waals surface area contributed by atoms with Crippen molar-refractivity contribution in [3.8, 4) is 11.4 Å². The molecule has 0 aliphatic heterocycles. The number of carbonyl (C=O) groups is 1. The zero-order chi connectivity index (χ0) is 20.5. The molecule has 0 spiro atoms. The van der Waals surface area contributed by atoms with Gasteiger partial charge in [0.25, 0.3) is 5.91 Å². The Balaban J connectivity index is 2.01. The number of aromatic nitrogens is 2. The molecule has 6 nitrogen and oxygen atoms in total. The first-order valence-corrected chi connectivity index (χ1v) is 8.24. The second-order valence-corrected chi connectivity index (χ2v) is 6.18. The quantitative estimate of drug-likeness (QED) is 0.625. The number of nitrogens with two attached hydrogens (primary N) is 1. The minimum absolute atomic E-state index is 0.124. The van der Waals surface area contributed by atoms with Crippen LogP contribution in [-0.2, 0) is 6.18 Å². The van der Waals surface area contributed by atoms with Crippen LogP contribution < -0.4 is 15.8 Å². The summed E-state index contributed by atoms with van der Waals surface area (Å²) >= 11 is 5.85. The molecule has 146 valence electrons. The van der Waals surface area contributed by atoms with Crippen LogP contribution in [0.5, 0.6) is 5.75 Å². The molecule has 3 rings (SSSR count). The highest BCUT2D eigenvalue weighted by Crippen LogP contribution is 2.34. The summed E-state index contributed by atoms with van der Waals surface area (Å²) in [6.45, 7) is 0. The highest BCUT2D eigenvalue weighted by molar-refractivity contribution is 6.31. The van der Waals surface area contributed by atoms with Crippen LogP contribution in [0.25, 0.3) is 5.69 Å². The number of benzene rings is 2. The van der Waals surface area contributed by atoms with Crippen LogP contribution >= 0.6 is 11.6 Å². The summed E-state index contributed by atoms with van der Waals surface area (Å²) < 4.78 is 46.7. The van der Waals surface area contributed by atoms with E-state index in [-0.39, 0.29) is 22.1 Å². The summed E-state index contributed by atoms with van der Waals surface area (Å²) in [6.07, 6.45) is -3.97. The van der Waals surface area contributed by atoms with Crippen LogP contribution in [0.1, 0.15) is 16.1 Å². The van der Waals surface area contributed by atoms with Crippen LogP contribution in [0.2, 0.25) is 5.02 Å². The largest absolute Gasteiger partial charge is 0.497 e. The average molecular weight is 411 g/mol. The summed E-state index contributed by atoms with van der Waals surface area (Å²) in [5.41, 5.74) is 4.34. The van der Waals surface area contributed by atoms with Crippen LogP contribution in [0.3, 0.4) is 0 Å². The first-order valence-electron chi connectivity index (χ1n) is 7.86. The van der Waals surface area contributed by atoms with Gasteiger partial charge in [-0.3, -0.25) is 4.79 Å². The van der Waals surface area contributed by atoms with E-state index in [1.54, 1.807) is 0 Å². The Morgan fingerprint density at radius 1 is 1.21 bits per heavy atom. The number of ether oxygens (including phenoxy) is 1. The highest BCUT2D eigenvalue weighted by Gasteiger charge is 2.40. The number of nitrogen functional groups attached to an aromatic ring is 1. The molecule has 28 heavy (non-hydrogen) atoms. The van der Waals surface area contributed by atoms with Crippen molar-refractivity contribution in [2.45, 2.75) is 6.18 Å². The normalized spacial score (nSPS) is 11.3. The summed E-state index contributed by atoms with van der Waals surface area (Å²) in [7, 11) is 1.44. The number of anilines is 2. The highest BCUT2D eigenvalue weighted by atomic mass is 35.5. The molecule has 0 unspecified atom stereocenters. The first kappa shape index (κ1) is 19.6. The van der Waals surface area contributed by atoms with Gasteiger partial charge in [0.15, 0.2) is 5.69 Å². The lowest BCUT2D eigenvalue weighted by molar-refractivity contribution is -0.143. The Hall–Kier alpha value is -3.20. The topological polar surface area (TPSA) is 82.2 Å². The minimum atomic E-state index is -4.82. The maximum Gasteiger partial charge on any atom is 0.434 e. The Bertz CT molecular complexity index is 996. The number of nitrogens with one attached hydrogen (secondary N) is 1. The Morgan fingerprint density at radius 2 is 1.89 bits per heavy atom. The zero-order valence-corrected chi connectivity index (χ0v) is 15.2. The van der Waals surface area contributed by atoms with E-state index in [0.717, 1.165) is 6.20 Å². The molecule has 0 atom stereocenters. The second kappa shape index (κ2) is 7.43. The molecular formula is C18H14ClF3N4O2. The molecular weight excluding hydrogens is 397 g/mol. The number of rotatable bonds is 4. The lowest BCUT2D eigenvalue weighted by Crippen LogP contribution is -2.20. The fourth-order valence-corrected chi connectivity index (χ4v) is 2.83. The summed E-state index contributed by atoms with van der Waals surface area (Å²) in [4.78, 5) is 12.5. The zero-order valence-electron chi connectivity index (χ0n) is 14.4. The van der Waals surface area contributed by atoms with Crippen molar-refractivity contribution in [2.75, 3.05) is 18.2 Å². The molecule has 2 aromatic carbocycles. The molecule has 0 bridgehead atoms. The molecule has 0 fully saturated rings. The summed E-state index contributed by atoms with van der Waals surface area (Å²) in [5, 5.41) is 6.35. The van der Waals surface area contributed by atoms with E-state index in [1.165, 1.54) is 49.6 Å². The van der Waals surface area contributed by atoms with Crippen molar-refractivity contribution < 1.29 is 22.7 Å². The van der Waals surface area contributed by atoms with E-state index in [0.29, 0.717) is 10.4 Å². The molecule has 10 heteroatoms. The number of methoxy groups -OCH3 is 1. The molecule has 0 aliphatic carbocycles. The van der Waals surface area contributed by atoms with Gasteiger partial charge in [-0.05, 0) is 42.5 Å². The van der Waals surface area contributed by atoms with Gasteiger partial charge in [-0.2, -0.15) is 18.3 Å². The first-order chi connectivity index (χ1) is 13.2. The van der Waals surface area contributed by atoms with Crippen molar-refractivity contribution in [3.63, 3.8) is 0 Å². The van der Waals surface area contributed by atoms with Gasteiger partial charge in [0, 0.05) is 16.4 Å². The summed E-state index contributed by atoms with van der Waals surface area (Å²) in [5.74, 6) is -0.519. The Labute approximate surface area is 162 Å². The number of hydrogen-bond acceptors (Lipinski definition) is 4. The number of carbonyl (C=O) groups excluding carboxylic acids is 1. The van der Waals surface area contributed by atoms with Gasteiger partial charge in [0.1, 0.15) is 5.75 Å². The van der Waals surface area contributed by atoms with E-state index < -0.39 is 23.3 Å². The SMILES string of the molecule is COc1ccc(-n2ncc(C(=O)Nc3cc(N)cc(Cl)c3)c2C(F)(F)F)cc1. The van der Waals surface area contributed by atoms with Crippen LogP contribution in [0, 0.1) is 0 Å². The molecule has 3 aromatic rings. The van der Waals surface area contributed by atoms with Crippen molar-refractivity contribution >= 4 is 28.9 Å². The third kappa shape index (κ3) is 4.04. The van der Waals surface area contributed by atoms with Gasteiger partial charge in [-0.15, -0.1) is 0 Å². The van der Waals surface area contributed by atoms with Crippen molar-refractivity contribution in [2.24, 2.45) is 0 Å². The van der Waals surface area contributed by atoms with E-state index >= 15 is 0 Å². The van der Waals surface area contributed by atoms with Gasteiger partial charge in [-0.1, -0.05) is 11.6 Å². The Morgan fingerprint density at radius 3 is 2.46 bits per heavy atom. The monoisotopic (exact) mass is 410 g/mol. The number of alkyl halides is 3. The van der Waals surface area contributed by atoms with Crippen molar-refractivity contribution in [1.29, 1.82) is 0 Å². The maximum absolute atomic E-state index is 13.7. The third-order valence-electron chi connectivity index (χ3n) is 3.78. The Kier molecular flexibility index (Phi) is 5.19. The molecule has 1 aromatic heterocycles. The van der Waals surface area contributed by atoms with Gasteiger partial charge < -0.3 is 15.8 Å². The van der Waals surface area contributed by atoms with Crippen molar-refractivity contribution in [1.82, 2.24) is 9.78 Å². The van der Waals surface area contributed by atoms with Crippen LogP contribution in [-0.4, -0.2) is 22.8 Å². The predicted molar refractivity (Wildman–Crippen MR) is 98.9 cm³/mol. The molecule has 1 heterocycles. The summed E-state index contributed by atoms with van der Waals surface area (Å²) in [6, 6.07) is 9.99. The molecule has 0 saturated heterocycles. The van der Waals surface area contributed by atoms with Gasteiger partial charge in [0.2, 0.25) is 0 Å². The molecule has 0 radical (unpaired) electrons.